The number of rotatable bonds is 5. The Labute approximate surface area is 105 Å². The van der Waals surface area contributed by atoms with E-state index in [1.54, 1.807) is 0 Å². The van der Waals surface area contributed by atoms with Gasteiger partial charge in [0.2, 0.25) is 0 Å². The van der Waals surface area contributed by atoms with Gasteiger partial charge in [-0.2, -0.15) is 0 Å². The third-order valence-corrected chi connectivity index (χ3v) is 4.74. The molecule has 2 aliphatic heterocycles. The second-order valence-corrected chi connectivity index (χ2v) is 6.00. The van der Waals surface area contributed by atoms with E-state index in [9.17, 15) is 0 Å². The van der Waals surface area contributed by atoms with Gasteiger partial charge in [-0.05, 0) is 46.1 Å². The summed E-state index contributed by atoms with van der Waals surface area (Å²) in [6, 6.07) is 1.75. The fourth-order valence-electron chi connectivity index (χ4n) is 3.70. The van der Waals surface area contributed by atoms with Crippen LogP contribution in [0.25, 0.3) is 0 Å². The Morgan fingerprint density at radius 1 is 1.41 bits per heavy atom. The summed E-state index contributed by atoms with van der Waals surface area (Å²) in [5.74, 6) is 0. The quantitative estimate of drug-likeness (QED) is 0.648. The fraction of sp³-hybridized carbons (Fsp3) is 1.00. The van der Waals surface area contributed by atoms with Crippen molar-refractivity contribution >= 4 is 0 Å². The predicted molar refractivity (Wildman–Crippen MR) is 69.9 cm³/mol. The highest BCUT2D eigenvalue weighted by atomic mass is 16.3. The normalized spacial score (nSPS) is 39.5. The zero-order valence-electron chi connectivity index (χ0n) is 11.2. The van der Waals surface area contributed by atoms with Crippen molar-refractivity contribution in [3.05, 3.63) is 0 Å². The molecule has 0 aromatic heterocycles. The molecular weight excluding hydrogens is 214 g/mol. The molecule has 4 heteroatoms. The lowest BCUT2D eigenvalue weighted by Crippen LogP contribution is -2.62. The standard InChI is InChI=1S/C13H27N3O/c1-10(5-6-17)15-13(9-14)7-11-3-4-12(8-13)16(11)2/h10-12,15,17H,3-9,14H2,1-2H3. The average Bonchev–Trinajstić information content (AvgIpc) is 2.53. The highest BCUT2D eigenvalue weighted by Crippen LogP contribution is 2.39. The van der Waals surface area contributed by atoms with E-state index < -0.39 is 0 Å². The molecule has 0 saturated carbocycles. The minimum atomic E-state index is 0.104. The number of fused-ring (bicyclic) bond motifs is 2. The Morgan fingerprint density at radius 3 is 2.47 bits per heavy atom. The van der Waals surface area contributed by atoms with Gasteiger partial charge in [-0.3, -0.25) is 0 Å². The van der Waals surface area contributed by atoms with Crippen LogP contribution in [0.2, 0.25) is 0 Å². The molecule has 17 heavy (non-hydrogen) atoms. The van der Waals surface area contributed by atoms with Crippen LogP contribution < -0.4 is 11.1 Å². The number of aliphatic hydroxyl groups is 1. The van der Waals surface area contributed by atoms with Crippen molar-refractivity contribution in [2.24, 2.45) is 5.73 Å². The van der Waals surface area contributed by atoms with Gasteiger partial charge in [-0.1, -0.05) is 0 Å². The number of aliphatic hydroxyl groups excluding tert-OH is 1. The molecule has 2 bridgehead atoms. The van der Waals surface area contributed by atoms with Crippen LogP contribution in [0, 0.1) is 0 Å². The lowest BCUT2D eigenvalue weighted by molar-refractivity contribution is 0.0849. The van der Waals surface area contributed by atoms with Crippen molar-refractivity contribution in [3.8, 4) is 0 Å². The van der Waals surface area contributed by atoms with Gasteiger partial charge >= 0.3 is 0 Å². The molecule has 3 unspecified atom stereocenters. The zero-order valence-corrected chi connectivity index (χ0v) is 11.2. The van der Waals surface area contributed by atoms with E-state index in [0.29, 0.717) is 24.7 Å². The molecule has 4 nitrogen and oxygen atoms in total. The molecular formula is C13H27N3O. The van der Waals surface area contributed by atoms with Crippen molar-refractivity contribution in [1.82, 2.24) is 10.2 Å². The summed E-state index contributed by atoms with van der Waals surface area (Å²) in [5.41, 5.74) is 6.14. The maximum absolute atomic E-state index is 9.00. The van der Waals surface area contributed by atoms with E-state index in [0.717, 1.165) is 19.3 Å². The third kappa shape index (κ3) is 2.65. The molecule has 2 heterocycles. The van der Waals surface area contributed by atoms with Crippen molar-refractivity contribution < 1.29 is 5.11 Å². The van der Waals surface area contributed by atoms with Gasteiger partial charge in [0.15, 0.2) is 0 Å². The molecule has 4 N–H and O–H groups in total. The van der Waals surface area contributed by atoms with Crippen molar-refractivity contribution in [2.45, 2.75) is 62.7 Å². The van der Waals surface area contributed by atoms with Crippen LogP contribution in [-0.4, -0.2) is 53.9 Å². The Hall–Kier alpha value is -0.160. The summed E-state index contributed by atoms with van der Waals surface area (Å²) in [4.78, 5) is 2.53. The molecule has 0 aromatic rings. The molecule has 0 aromatic carbocycles. The number of nitrogens with two attached hydrogens (primary N) is 1. The highest BCUT2D eigenvalue weighted by molar-refractivity contribution is 5.06. The molecule has 0 amide bonds. The van der Waals surface area contributed by atoms with E-state index in [2.05, 4.69) is 24.2 Å². The largest absolute Gasteiger partial charge is 0.396 e. The van der Waals surface area contributed by atoms with E-state index in [4.69, 9.17) is 10.8 Å². The van der Waals surface area contributed by atoms with Crippen LogP contribution in [0.4, 0.5) is 0 Å². The van der Waals surface area contributed by atoms with Gasteiger partial charge in [-0.15, -0.1) is 0 Å². The average molecular weight is 241 g/mol. The van der Waals surface area contributed by atoms with Crippen LogP contribution in [0.1, 0.15) is 39.0 Å². The Balaban J connectivity index is 2.01. The number of hydrogen-bond donors (Lipinski definition) is 3. The zero-order chi connectivity index (χ0) is 12.5. The van der Waals surface area contributed by atoms with Crippen LogP contribution in [0.15, 0.2) is 0 Å². The summed E-state index contributed by atoms with van der Waals surface area (Å²) >= 11 is 0. The topological polar surface area (TPSA) is 61.5 Å². The van der Waals surface area contributed by atoms with Gasteiger partial charge in [0.1, 0.15) is 0 Å². The minimum Gasteiger partial charge on any atom is -0.396 e. The van der Waals surface area contributed by atoms with Gasteiger partial charge in [-0.25, -0.2) is 0 Å². The van der Waals surface area contributed by atoms with Gasteiger partial charge in [0.25, 0.3) is 0 Å². The monoisotopic (exact) mass is 241 g/mol. The minimum absolute atomic E-state index is 0.104. The molecule has 2 fully saturated rings. The maximum atomic E-state index is 9.00. The summed E-state index contributed by atoms with van der Waals surface area (Å²) in [6.07, 6.45) is 5.77. The summed E-state index contributed by atoms with van der Waals surface area (Å²) < 4.78 is 0. The van der Waals surface area contributed by atoms with Crippen molar-refractivity contribution in [3.63, 3.8) is 0 Å². The van der Waals surface area contributed by atoms with E-state index >= 15 is 0 Å². The molecule has 0 spiro atoms. The molecule has 3 atom stereocenters. The molecule has 0 aliphatic carbocycles. The van der Waals surface area contributed by atoms with Gasteiger partial charge < -0.3 is 21.1 Å². The fourth-order valence-corrected chi connectivity index (χ4v) is 3.70. The molecule has 2 aliphatic rings. The highest BCUT2D eigenvalue weighted by Gasteiger charge is 2.46. The summed E-state index contributed by atoms with van der Waals surface area (Å²) in [5, 5.41) is 12.7. The second-order valence-electron chi connectivity index (χ2n) is 6.00. The second kappa shape index (κ2) is 5.22. The van der Waals surface area contributed by atoms with Crippen LogP contribution in [-0.2, 0) is 0 Å². The first-order valence-electron chi connectivity index (χ1n) is 6.91. The van der Waals surface area contributed by atoms with Crippen LogP contribution in [0.5, 0.6) is 0 Å². The predicted octanol–water partition coefficient (Wildman–Crippen LogP) is 0.301. The summed E-state index contributed by atoms with van der Waals surface area (Å²) in [6.45, 7) is 3.11. The van der Waals surface area contributed by atoms with Gasteiger partial charge in [0.05, 0.1) is 0 Å². The van der Waals surface area contributed by atoms with E-state index in [1.165, 1.54) is 12.8 Å². The number of nitrogens with zero attached hydrogens (tertiary/aromatic N) is 1. The molecule has 2 rings (SSSR count). The first-order chi connectivity index (χ1) is 8.10. The SMILES string of the molecule is CC(CCO)NC1(CN)CC2CCC(C1)N2C. The van der Waals surface area contributed by atoms with Gasteiger partial charge in [0, 0.05) is 36.8 Å². The Morgan fingerprint density at radius 2 is 2.00 bits per heavy atom. The molecule has 0 radical (unpaired) electrons. The Kier molecular flexibility index (Phi) is 4.08. The number of piperidine rings is 1. The maximum Gasteiger partial charge on any atom is 0.0445 e. The van der Waals surface area contributed by atoms with Crippen molar-refractivity contribution in [1.29, 1.82) is 0 Å². The lowest BCUT2D eigenvalue weighted by Gasteiger charge is -2.46. The lowest BCUT2D eigenvalue weighted by atomic mass is 9.82. The van der Waals surface area contributed by atoms with Crippen LogP contribution in [0.3, 0.4) is 0 Å². The number of nitrogens with one attached hydrogen (secondary N) is 1. The molecule has 2 saturated heterocycles. The first kappa shape index (κ1) is 13.3. The number of hydrogen-bond acceptors (Lipinski definition) is 4. The molecule has 100 valence electrons. The van der Waals surface area contributed by atoms with Crippen LogP contribution >= 0.6 is 0 Å². The Bertz CT molecular complexity index is 245. The van der Waals surface area contributed by atoms with Crippen molar-refractivity contribution in [2.75, 3.05) is 20.2 Å². The first-order valence-corrected chi connectivity index (χ1v) is 6.91. The smallest absolute Gasteiger partial charge is 0.0445 e. The van der Waals surface area contributed by atoms with E-state index in [-0.39, 0.29) is 12.1 Å². The summed E-state index contributed by atoms with van der Waals surface area (Å²) in [7, 11) is 2.25. The van der Waals surface area contributed by atoms with E-state index in [1.807, 2.05) is 0 Å². The third-order valence-electron chi connectivity index (χ3n) is 4.74.